The summed E-state index contributed by atoms with van der Waals surface area (Å²) in [6.07, 6.45) is 0.710. The third-order valence-electron chi connectivity index (χ3n) is 1.37. The van der Waals surface area contributed by atoms with Crippen LogP contribution in [0.25, 0.3) is 0 Å². The van der Waals surface area contributed by atoms with Crippen molar-refractivity contribution in [1.82, 2.24) is 0 Å². The van der Waals surface area contributed by atoms with E-state index in [1.807, 2.05) is 6.92 Å². The predicted molar refractivity (Wildman–Crippen MR) is 34.8 cm³/mol. The van der Waals surface area contributed by atoms with Crippen LogP contribution in [0, 0.1) is 0 Å². The molecule has 1 rings (SSSR count). The zero-order valence-corrected chi connectivity index (χ0v) is 5.76. The van der Waals surface area contributed by atoms with Crippen molar-refractivity contribution in [3.8, 4) is 0 Å². The second-order valence-corrected chi connectivity index (χ2v) is 2.39. The van der Waals surface area contributed by atoms with Crippen LogP contribution >= 0.6 is 0 Å². The van der Waals surface area contributed by atoms with Gasteiger partial charge in [-0.05, 0) is 6.42 Å². The molecule has 3 nitrogen and oxygen atoms in total. The molecule has 56 valence electrons. The molecule has 0 aromatic heterocycles. The molecule has 10 heavy (non-hydrogen) atoms. The summed E-state index contributed by atoms with van der Waals surface area (Å²) >= 11 is 0. The summed E-state index contributed by atoms with van der Waals surface area (Å²) in [5.41, 5.74) is 4.55. The Hall–Kier alpha value is -0.600. The number of hydrogen-bond donors (Lipinski definition) is 3. The molecule has 3 N–H and O–H groups in total. The first-order chi connectivity index (χ1) is 4.53. The van der Waals surface area contributed by atoms with Gasteiger partial charge in [-0.15, -0.1) is 5.73 Å². The summed E-state index contributed by atoms with van der Waals surface area (Å²) in [5.74, 6) is -2.56. The summed E-state index contributed by atoms with van der Waals surface area (Å²) < 4.78 is 0. The first kappa shape index (κ1) is 7.51. The summed E-state index contributed by atoms with van der Waals surface area (Å²) in [6, 6.07) is 0. The maximum Gasteiger partial charge on any atom is 0.280 e. The topological polar surface area (TPSA) is 60.7 Å². The average Bonchev–Trinajstić information content (AvgIpc) is 2.42. The number of hydrogen-bond acceptors (Lipinski definition) is 3. The predicted octanol–water partition coefficient (Wildman–Crippen LogP) is -0.117. The van der Waals surface area contributed by atoms with Crippen molar-refractivity contribution in [2.24, 2.45) is 0 Å². The smallest absolute Gasteiger partial charge is 0.280 e. The lowest BCUT2D eigenvalue weighted by Crippen LogP contribution is -2.26. The zero-order chi connectivity index (χ0) is 7.78. The van der Waals surface area contributed by atoms with Gasteiger partial charge in [0.1, 0.15) is 0 Å². The van der Waals surface area contributed by atoms with E-state index in [4.69, 9.17) is 15.3 Å². The van der Waals surface area contributed by atoms with Crippen molar-refractivity contribution in [2.45, 2.75) is 25.7 Å². The van der Waals surface area contributed by atoms with Crippen molar-refractivity contribution in [1.29, 1.82) is 0 Å². The third kappa shape index (κ3) is 1.97. The molecule has 0 saturated carbocycles. The minimum atomic E-state index is -2.56. The fourth-order valence-corrected chi connectivity index (χ4v) is 0.841. The standard InChI is InChI=1S/C7H10O3/c1-2-5-3-6(5)4-7(8,9)10/h8-10H,2,4H2,1H3. The lowest BCUT2D eigenvalue weighted by molar-refractivity contribution is -0.308. The van der Waals surface area contributed by atoms with Gasteiger partial charge in [0.2, 0.25) is 0 Å². The summed E-state index contributed by atoms with van der Waals surface area (Å²) in [4.78, 5) is 0. The first-order valence-electron chi connectivity index (χ1n) is 3.19. The molecule has 3 heteroatoms. The fourth-order valence-electron chi connectivity index (χ4n) is 0.841. The van der Waals surface area contributed by atoms with E-state index in [0.29, 0.717) is 0 Å². The molecule has 0 aromatic rings. The third-order valence-corrected chi connectivity index (χ3v) is 1.37. The molecule has 0 radical (unpaired) electrons. The first-order valence-corrected chi connectivity index (χ1v) is 3.19. The molecule has 0 atom stereocenters. The Morgan fingerprint density at radius 2 is 1.90 bits per heavy atom. The fraction of sp³-hybridized carbons (Fsp3) is 0.571. The largest absolute Gasteiger partial charge is 0.343 e. The highest BCUT2D eigenvalue weighted by Crippen LogP contribution is 2.29. The number of rotatable bonds is 3. The van der Waals surface area contributed by atoms with Gasteiger partial charge in [-0.25, -0.2) is 0 Å². The van der Waals surface area contributed by atoms with E-state index in [-0.39, 0.29) is 6.42 Å². The Kier molecular flexibility index (Phi) is 1.67. The van der Waals surface area contributed by atoms with Gasteiger partial charge in [0.05, 0.1) is 6.42 Å². The Labute approximate surface area is 58.9 Å². The molecule has 0 spiro atoms. The SMILES string of the molecule is CCC1=C=C1CC(O)(O)O. The van der Waals surface area contributed by atoms with E-state index in [2.05, 4.69) is 5.73 Å². The van der Waals surface area contributed by atoms with E-state index < -0.39 is 5.97 Å². The van der Waals surface area contributed by atoms with Crippen LogP contribution in [0.4, 0.5) is 0 Å². The summed E-state index contributed by atoms with van der Waals surface area (Å²) in [7, 11) is 0. The van der Waals surface area contributed by atoms with E-state index in [1.165, 1.54) is 0 Å². The lowest BCUT2D eigenvalue weighted by Gasteiger charge is -2.10. The van der Waals surface area contributed by atoms with Crippen LogP contribution in [0.5, 0.6) is 0 Å². The maximum absolute atomic E-state index is 8.48. The molecule has 0 bridgehead atoms. The van der Waals surface area contributed by atoms with Gasteiger partial charge in [0.15, 0.2) is 0 Å². The summed E-state index contributed by atoms with van der Waals surface area (Å²) in [5, 5.41) is 25.4. The Balaban J connectivity index is 2.27. The van der Waals surface area contributed by atoms with Crippen molar-refractivity contribution in [3.05, 3.63) is 16.9 Å². The van der Waals surface area contributed by atoms with Gasteiger partial charge in [-0.3, -0.25) is 0 Å². The normalized spacial score (nSPS) is 16.4. The zero-order valence-electron chi connectivity index (χ0n) is 5.76. The Morgan fingerprint density at radius 1 is 1.30 bits per heavy atom. The van der Waals surface area contributed by atoms with Crippen LogP contribution in [0.15, 0.2) is 16.9 Å². The molecular weight excluding hydrogens is 132 g/mol. The van der Waals surface area contributed by atoms with Crippen LogP contribution in [0.2, 0.25) is 0 Å². The van der Waals surface area contributed by atoms with Gasteiger partial charge >= 0.3 is 0 Å². The van der Waals surface area contributed by atoms with Crippen LogP contribution in [0.3, 0.4) is 0 Å². The molecule has 0 amide bonds. The van der Waals surface area contributed by atoms with Crippen LogP contribution in [-0.2, 0) is 0 Å². The van der Waals surface area contributed by atoms with Gasteiger partial charge in [-0.2, -0.15) is 0 Å². The molecule has 0 aliphatic heterocycles. The second kappa shape index (κ2) is 2.22. The highest BCUT2D eigenvalue weighted by molar-refractivity contribution is 5.43. The monoisotopic (exact) mass is 142 g/mol. The Morgan fingerprint density at radius 3 is 2.20 bits per heavy atom. The van der Waals surface area contributed by atoms with Gasteiger partial charge < -0.3 is 15.3 Å². The lowest BCUT2D eigenvalue weighted by atomic mass is 10.2. The summed E-state index contributed by atoms with van der Waals surface area (Å²) in [6.45, 7) is 1.95. The second-order valence-electron chi connectivity index (χ2n) is 2.39. The van der Waals surface area contributed by atoms with Gasteiger partial charge in [0.25, 0.3) is 5.97 Å². The highest BCUT2D eigenvalue weighted by atomic mass is 16.7. The van der Waals surface area contributed by atoms with Crippen LogP contribution in [0.1, 0.15) is 19.8 Å². The van der Waals surface area contributed by atoms with E-state index in [1.54, 1.807) is 0 Å². The maximum atomic E-state index is 8.48. The molecule has 0 aromatic carbocycles. The Bertz CT molecular complexity index is 203. The van der Waals surface area contributed by atoms with E-state index in [0.717, 1.165) is 17.6 Å². The number of aliphatic hydroxyl groups is 3. The highest BCUT2D eigenvalue weighted by Gasteiger charge is 2.26. The molecule has 0 fully saturated rings. The van der Waals surface area contributed by atoms with Gasteiger partial charge in [-0.1, -0.05) is 6.92 Å². The molecule has 1 aliphatic rings. The quantitative estimate of drug-likeness (QED) is 0.380. The molecule has 0 heterocycles. The van der Waals surface area contributed by atoms with Crippen molar-refractivity contribution >= 4 is 0 Å². The minimum absolute atomic E-state index is 0.129. The van der Waals surface area contributed by atoms with Crippen LogP contribution < -0.4 is 0 Å². The van der Waals surface area contributed by atoms with Crippen molar-refractivity contribution < 1.29 is 15.3 Å². The van der Waals surface area contributed by atoms with Gasteiger partial charge in [0, 0.05) is 11.1 Å². The van der Waals surface area contributed by atoms with E-state index in [9.17, 15) is 0 Å². The molecule has 0 saturated heterocycles. The van der Waals surface area contributed by atoms with Crippen molar-refractivity contribution in [3.63, 3.8) is 0 Å². The van der Waals surface area contributed by atoms with Crippen molar-refractivity contribution in [2.75, 3.05) is 0 Å². The molecule has 0 unspecified atom stereocenters. The van der Waals surface area contributed by atoms with E-state index >= 15 is 0 Å². The molecular formula is C7H10O3. The van der Waals surface area contributed by atoms with Crippen LogP contribution in [-0.4, -0.2) is 21.3 Å². The average molecular weight is 142 g/mol. The minimum Gasteiger partial charge on any atom is -0.343 e. The molecule has 1 aliphatic carbocycles.